The summed E-state index contributed by atoms with van der Waals surface area (Å²) in [5.41, 5.74) is 9.83. The van der Waals surface area contributed by atoms with Crippen LogP contribution in [0, 0.1) is 12.8 Å². The summed E-state index contributed by atoms with van der Waals surface area (Å²) in [7, 11) is 0. The first kappa shape index (κ1) is 14.4. The van der Waals surface area contributed by atoms with E-state index < -0.39 is 0 Å². The first-order valence-electron chi connectivity index (χ1n) is 7.79. The van der Waals surface area contributed by atoms with Crippen LogP contribution >= 0.6 is 0 Å². The third kappa shape index (κ3) is 3.73. The van der Waals surface area contributed by atoms with Gasteiger partial charge in [0.05, 0.1) is 0 Å². The van der Waals surface area contributed by atoms with Gasteiger partial charge in [0.25, 0.3) is 0 Å². The van der Waals surface area contributed by atoms with Gasteiger partial charge < -0.3 is 10.6 Å². The van der Waals surface area contributed by atoms with Gasteiger partial charge in [-0.25, -0.2) is 0 Å². The van der Waals surface area contributed by atoms with Crippen LogP contribution in [0.4, 0.5) is 5.69 Å². The predicted molar refractivity (Wildman–Crippen MR) is 83.8 cm³/mol. The molecule has 106 valence electrons. The molecule has 1 aromatic carbocycles. The Morgan fingerprint density at radius 1 is 1.26 bits per heavy atom. The predicted octanol–water partition coefficient (Wildman–Crippen LogP) is 3.51. The van der Waals surface area contributed by atoms with Gasteiger partial charge >= 0.3 is 0 Å². The second-order valence-electron chi connectivity index (χ2n) is 5.84. The molecule has 1 atom stereocenters. The van der Waals surface area contributed by atoms with Gasteiger partial charge in [0, 0.05) is 18.8 Å². The fourth-order valence-electron chi connectivity index (χ4n) is 3.14. The first-order chi connectivity index (χ1) is 9.24. The van der Waals surface area contributed by atoms with Crippen molar-refractivity contribution in [3.05, 3.63) is 29.3 Å². The van der Waals surface area contributed by atoms with Crippen molar-refractivity contribution in [1.82, 2.24) is 0 Å². The smallest absolute Gasteiger partial charge is 0.0369 e. The van der Waals surface area contributed by atoms with Crippen LogP contribution in [-0.4, -0.2) is 19.6 Å². The molecule has 0 aliphatic carbocycles. The zero-order chi connectivity index (χ0) is 13.7. The van der Waals surface area contributed by atoms with Crippen molar-refractivity contribution >= 4 is 5.69 Å². The number of hydrogen-bond acceptors (Lipinski definition) is 2. The molecule has 2 N–H and O–H groups in total. The molecule has 1 aromatic rings. The molecular formula is C17H28N2. The van der Waals surface area contributed by atoms with Crippen molar-refractivity contribution in [3.8, 4) is 0 Å². The van der Waals surface area contributed by atoms with E-state index in [0.29, 0.717) is 0 Å². The number of nitrogens with two attached hydrogens (primary N) is 1. The van der Waals surface area contributed by atoms with Gasteiger partial charge in [0.2, 0.25) is 0 Å². The Balaban J connectivity index is 2.07. The summed E-state index contributed by atoms with van der Waals surface area (Å²) < 4.78 is 0. The molecule has 1 aliphatic heterocycles. The average molecular weight is 260 g/mol. The molecular weight excluding hydrogens is 232 g/mol. The van der Waals surface area contributed by atoms with Crippen LogP contribution < -0.4 is 10.6 Å². The summed E-state index contributed by atoms with van der Waals surface area (Å²) >= 11 is 0. The Morgan fingerprint density at radius 3 is 2.79 bits per heavy atom. The number of aryl methyl sites for hydroxylation is 1. The van der Waals surface area contributed by atoms with Crippen LogP contribution in [-0.2, 0) is 6.42 Å². The third-order valence-corrected chi connectivity index (χ3v) is 4.53. The minimum absolute atomic E-state index is 0.738. The van der Waals surface area contributed by atoms with Gasteiger partial charge in [-0.3, -0.25) is 0 Å². The van der Waals surface area contributed by atoms with E-state index in [0.717, 1.165) is 18.9 Å². The largest absolute Gasteiger partial charge is 0.372 e. The summed E-state index contributed by atoms with van der Waals surface area (Å²) in [5.74, 6) is 0.933. The molecule has 0 spiro atoms. The summed E-state index contributed by atoms with van der Waals surface area (Å²) in [4.78, 5) is 2.56. The van der Waals surface area contributed by atoms with Gasteiger partial charge in [-0.05, 0) is 68.3 Å². The molecule has 1 unspecified atom stereocenters. The van der Waals surface area contributed by atoms with Crippen LogP contribution in [0.25, 0.3) is 0 Å². The second-order valence-corrected chi connectivity index (χ2v) is 5.84. The maximum atomic E-state index is 5.65. The topological polar surface area (TPSA) is 29.3 Å². The highest BCUT2D eigenvalue weighted by atomic mass is 15.1. The van der Waals surface area contributed by atoms with E-state index in [4.69, 9.17) is 5.73 Å². The molecule has 1 fully saturated rings. The minimum atomic E-state index is 0.738. The molecule has 1 aliphatic rings. The molecule has 0 amide bonds. The maximum Gasteiger partial charge on any atom is 0.0369 e. The fraction of sp³-hybridized carbons (Fsp3) is 0.647. The van der Waals surface area contributed by atoms with E-state index in [1.807, 2.05) is 0 Å². The number of nitrogens with zero attached hydrogens (tertiary/aromatic N) is 1. The standard InChI is InChI=1S/C17H28N2/c1-3-15-5-4-11-19(12-9-15)17-7-6-16(8-10-18)14(2)13-17/h6-7,13,15H,3-5,8-12,18H2,1-2H3. The highest BCUT2D eigenvalue weighted by Crippen LogP contribution is 2.26. The highest BCUT2D eigenvalue weighted by Gasteiger charge is 2.16. The van der Waals surface area contributed by atoms with Gasteiger partial charge in [-0.1, -0.05) is 19.4 Å². The minimum Gasteiger partial charge on any atom is -0.372 e. The van der Waals surface area contributed by atoms with Gasteiger partial charge in [-0.15, -0.1) is 0 Å². The van der Waals surface area contributed by atoms with Crippen LogP contribution in [0.1, 0.15) is 43.7 Å². The number of benzene rings is 1. The van der Waals surface area contributed by atoms with Crippen molar-refractivity contribution in [3.63, 3.8) is 0 Å². The maximum absolute atomic E-state index is 5.65. The normalized spacial score (nSPS) is 20.4. The van der Waals surface area contributed by atoms with E-state index >= 15 is 0 Å². The zero-order valence-electron chi connectivity index (χ0n) is 12.5. The fourth-order valence-corrected chi connectivity index (χ4v) is 3.14. The van der Waals surface area contributed by atoms with Crippen LogP contribution in [0.2, 0.25) is 0 Å². The highest BCUT2D eigenvalue weighted by molar-refractivity contribution is 5.51. The quantitative estimate of drug-likeness (QED) is 0.897. The van der Waals surface area contributed by atoms with Crippen LogP contribution in [0.3, 0.4) is 0 Å². The molecule has 1 heterocycles. The van der Waals surface area contributed by atoms with Gasteiger partial charge in [-0.2, -0.15) is 0 Å². The number of hydrogen-bond donors (Lipinski definition) is 1. The summed E-state index contributed by atoms with van der Waals surface area (Å²) in [6.07, 6.45) is 6.41. The third-order valence-electron chi connectivity index (χ3n) is 4.53. The van der Waals surface area contributed by atoms with Crippen molar-refractivity contribution in [2.45, 2.75) is 46.0 Å². The molecule has 2 heteroatoms. The van der Waals surface area contributed by atoms with E-state index in [1.54, 1.807) is 0 Å². The van der Waals surface area contributed by atoms with E-state index in [-0.39, 0.29) is 0 Å². The lowest BCUT2D eigenvalue weighted by molar-refractivity contribution is 0.459. The van der Waals surface area contributed by atoms with E-state index in [2.05, 4.69) is 36.9 Å². The van der Waals surface area contributed by atoms with Crippen molar-refractivity contribution < 1.29 is 0 Å². The molecule has 1 saturated heterocycles. The Hall–Kier alpha value is -1.02. The van der Waals surface area contributed by atoms with Gasteiger partial charge in [0.1, 0.15) is 0 Å². The number of anilines is 1. The lowest BCUT2D eigenvalue weighted by Gasteiger charge is -2.24. The van der Waals surface area contributed by atoms with Crippen LogP contribution in [0.5, 0.6) is 0 Å². The summed E-state index contributed by atoms with van der Waals surface area (Å²) in [6.45, 7) is 7.70. The van der Waals surface area contributed by atoms with Crippen molar-refractivity contribution in [2.75, 3.05) is 24.5 Å². The van der Waals surface area contributed by atoms with E-state index in [1.165, 1.54) is 55.6 Å². The molecule has 0 saturated carbocycles. The number of rotatable bonds is 4. The Morgan fingerprint density at radius 2 is 2.11 bits per heavy atom. The summed E-state index contributed by atoms with van der Waals surface area (Å²) in [5, 5.41) is 0. The van der Waals surface area contributed by atoms with E-state index in [9.17, 15) is 0 Å². The molecule has 0 aromatic heterocycles. The lowest BCUT2D eigenvalue weighted by Crippen LogP contribution is -2.24. The van der Waals surface area contributed by atoms with Gasteiger partial charge in [0.15, 0.2) is 0 Å². The van der Waals surface area contributed by atoms with Crippen molar-refractivity contribution in [1.29, 1.82) is 0 Å². The Bertz CT molecular complexity index is 400. The Kier molecular flexibility index (Phi) is 5.26. The first-order valence-corrected chi connectivity index (χ1v) is 7.79. The molecule has 19 heavy (non-hydrogen) atoms. The SMILES string of the molecule is CCC1CCCN(c2ccc(CCN)c(C)c2)CC1. The van der Waals surface area contributed by atoms with Crippen LogP contribution in [0.15, 0.2) is 18.2 Å². The molecule has 2 nitrogen and oxygen atoms in total. The Labute approximate surface area is 118 Å². The molecule has 2 rings (SSSR count). The average Bonchev–Trinajstić information content (AvgIpc) is 2.66. The molecule has 0 radical (unpaired) electrons. The lowest BCUT2D eigenvalue weighted by atomic mass is 9.98. The molecule has 0 bridgehead atoms. The second kappa shape index (κ2) is 6.95. The summed E-state index contributed by atoms with van der Waals surface area (Å²) in [6, 6.07) is 6.89. The zero-order valence-corrected chi connectivity index (χ0v) is 12.5. The van der Waals surface area contributed by atoms with Crippen molar-refractivity contribution in [2.24, 2.45) is 11.7 Å². The monoisotopic (exact) mass is 260 g/mol.